The number of rotatable bonds is 5. The van der Waals surface area contributed by atoms with E-state index in [4.69, 9.17) is 9.47 Å². The molecule has 0 spiro atoms. The van der Waals surface area contributed by atoms with Crippen molar-refractivity contribution in [2.24, 2.45) is 0 Å². The van der Waals surface area contributed by atoms with E-state index in [1.165, 1.54) is 0 Å². The van der Waals surface area contributed by atoms with Crippen molar-refractivity contribution < 1.29 is 19.4 Å². The van der Waals surface area contributed by atoms with Crippen LogP contribution in [0.25, 0.3) is 0 Å². The molecule has 0 aromatic heterocycles. The van der Waals surface area contributed by atoms with Gasteiger partial charge in [-0.2, -0.15) is 0 Å². The van der Waals surface area contributed by atoms with E-state index in [0.717, 1.165) is 0 Å². The van der Waals surface area contributed by atoms with E-state index in [1.807, 2.05) is 6.92 Å². The number of alkyl carbamates (subject to hydrolysis) is 1. The Morgan fingerprint density at radius 3 is 2.31 bits per heavy atom. The number of aliphatic hydroxyl groups is 1. The molecule has 2 unspecified atom stereocenters. The first-order valence-electron chi connectivity index (χ1n) is 5.59. The largest absolute Gasteiger partial charge is 0.444 e. The zero-order chi connectivity index (χ0) is 12.8. The van der Waals surface area contributed by atoms with Crippen molar-refractivity contribution in [3.63, 3.8) is 0 Å². The summed E-state index contributed by atoms with van der Waals surface area (Å²) >= 11 is 0. The van der Waals surface area contributed by atoms with Crippen LogP contribution in [0.3, 0.4) is 0 Å². The fourth-order valence-corrected chi connectivity index (χ4v) is 1.12. The van der Waals surface area contributed by atoms with Crippen LogP contribution in [0.4, 0.5) is 4.79 Å². The second kappa shape index (κ2) is 6.70. The first kappa shape index (κ1) is 15.2. The molecule has 0 rings (SSSR count). The molecular weight excluding hydrogens is 210 g/mol. The first-order chi connectivity index (χ1) is 7.30. The summed E-state index contributed by atoms with van der Waals surface area (Å²) in [4.78, 5) is 11.4. The average Bonchev–Trinajstić information content (AvgIpc) is 2.11. The minimum absolute atomic E-state index is 0.396. The van der Waals surface area contributed by atoms with Crippen LogP contribution in [0.15, 0.2) is 0 Å². The normalized spacial score (nSPS) is 15.4. The number of ether oxygens (including phenoxy) is 2. The van der Waals surface area contributed by atoms with Gasteiger partial charge in [0.25, 0.3) is 0 Å². The van der Waals surface area contributed by atoms with Gasteiger partial charge in [-0.05, 0) is 34.1 Å². The van der Waals surface area contributed by atoms with Gasteiger partial charge in [-0.3, -0.25) is 0 Å². The van der Waals surface area contributed by atoms with Gasteiger partial charge in [-0.1, -0.05) is 6.92 Å². The summed E-state index contributed by atoms with van der Waals surface area (Å²) in [7, 11) is 0. The highest BCUT2D eigenvalue weighted by Gasteiger charge is 2.23. The molecule has 0 aliphatic carbocycles. The summed E-state index contributed by atoms with van der Waals surface area (Å²) in [6, 6.07) is -0.449. The van der Waals surface area contributed by atoms with Gasteiger partial charge in [-0.15, -0.1) is 0 Å². The van der Waals surface area contributed by atoms with Crippen LogP contribution in [0.5, 0.6) is 0 Å². The van der Waals surface area contributed by atoms with Crippen molar-refractivity contribution >= 4 is 6.09 Å². The monoisotopic (exact) mass is 233 g/mol. The summed E-state index contributed by atoms with van der Waals surface area (Å²) in [5, 5.41) is 12.1. The predicted molar refractivity (Wildman–Crippen MR) is 61.1 cm³/mol. The third kappa shape index (κ3) is 6.63. The lowest BCUT2D eigenvalue weighted by Crippen LogP contribution is -2.46. The molecule has 5 heteroatoms. The third-order valence-corrected chi connectivity index (χ3v) is 1.82. The van der Waals surface area contributed by atoms with Gasteiger partial charge in [0.2, 0.25) is 0 Å². The Morgan fingerprint density at radius 1 is 1.38 bits per heavy atom. The van der Waals surface area contributed by atoms with E-state index in [2.05, 4.69) is 5.32 Å². The van der Waals surface area contributed by atoms with E-state index < -0.39 is 24.0 Å². The fourth-order valence-electron chi connectivity index (χ4n) is 1.12. The minimum Gasteiger partial charge on any atom is -0.444 e. The van der Waals surface area contributed by atoms with Gasteiger partial charge in [0.15, 0.2) is 6.29 Å². The van der Waals surface area contributed by atoms with Gasteiger partial charge >= 0.3 is 6.09 Å². The van der Waals surface area contributed by atoms with Crippen LogP contribution in [0.2, 0.25) is 0 Å². The van der Waals surface area contributed by atoms with E-state index in [1.54, 1.807) is 27.7 Å². The molecule has 0 saturated carbocycles. The SMILES string of the molecule is CCOC(O)C(CC)NC(=O)OC(C)(C)C. The van der Waals surface area contributed by atoms with Crippen LogP contribution in [0, 0.1) is 0 Å². The molecular formula is C11H23NO4. The lowest BCUT2D eigenvalue weighted by molar-refractivity contribution is -0.116. The van der Waals surface area contributed by atoms with Gasteiger partial charge in [0.1, 0.15) is 5.60 Å². The van der Waals surface area contributed by atoms with Crippen molar-refractivity contribution in [2.75, 3.05) is 6.61 Å². The highest BCUT2D eigenvalue weighted by atomic mass is 16.6. The molecule has 0 aliphatic rings. The van der Waals surface area contributed by atoms with E-state index in [9.17, 15) is 9.90 Å². The molecule has 0 aliphatic heterocycles. The van der Waals surface area contributed by atoms with Crippen LogP contribution >= 0.6 is 0 Å². The smallest absolute Gasteiger partial charge is 0.408 e. The van der Waals surface area contributed by atoms with Crippen LogP contribution in [-0.2, 0) is 9.47 Å². The number of aliphatic hydroxyl groups excluding tert-OH is 1. The maximum absolute atomic E-state index is 11.4. The zero-order valence-corrected chi connectivity index (χ0v) is 10.7. The van der Waals surface area contributed by atoms with E-state index >= 15 is 0 Å². The van der Waals surface area contributed by atoms with Crippen molar-refractivity contribution in [3.05, 3.63) is 0 Å². The minimum atomic E-state index is -0.998. The molecule has 0 aromatic carbocycles. The van der Waals surface area contributed by atoms with E-state index in [-0.39, 0.29) is 0 Å². The Kier molecular flexibility index (Phi) is 6.36. The molecule has 5 nitrogen and oxygen atoms in total. The second-order valence-corrected chi connectivity index (χ2v) is 4.51. The Labute approximate surface area is 97.1 Å². The quantitative estimate of drug-likeness (QED) is 0.708. The molecule has 0 fully saturated rings. The maximum Gasteiger partial charge on any atom is 0.408 e. The molecule has 96 valence electrons. The van der Waals surface area contributed by atoms with Gasteiger partial charge < -0.3 is 19.9 Å². The summed E-state index contributed by atoms with van der Waals surface area (Å²) in [6.45, 7) is 9.38. The molecule has 0 aromatic rings. The number of amides is 1. The summed E-state index contributed by atoms with van der Waals surface area (Å²) < 4.78 is 10.1. The summed E-state index contributed by atoms with van der Waals surface area (Å²) in [5.41, 5.74) is -0.543. The predicted octanol–water partition coefficient (Wildman–Crippen LogP) is 1.64. The molecule has 16 heavy (non-hydrogen) atoms. The average molecular weight is 233 g/mol. The summed E-state index contributed by atoms with van der Waals surface area (Å²) in [5.74, 6) is 0. The highest BCUT2D eigenvalue weighted by molar-refractivity contribution is 5.68. The standard InChI is InChI=1S/C11H23NO4/c1-6-8(9(13)15-7-2)12-10(14)16-11(3,4)5/h8-9,13H,6-7H2,1-5H3,(H,12,14). The highest BCUT2D eigenvalue weighted by Crippen LogP contribution is 2.08. The third-order valence-electron chi connectivity index (χ3n) is 1.82. The second-order valence-electron chi connectivity index (χ2n) is 4.51. The Hall–Kier alpha value is -0.810. The topological polar surface area (TPSA) is 67.8 Å². The van der Waals surface area contributed by atoms with Crippen LogP contribution in [-0.4, -0.2) is 35.7 Å². The fraction of sp³-hybridized carbons (Fsp3) is 0.909. The molecule has 0 heterocycles. The van der Waals surface area contributed by atoms with Crippen LogP contribution in [0.1, 0.15) is 41.0 Å². The van der Waals surface area contributed by atoms with E-state index in [0.29, 0.717) is 13.0 Å². The molecule has 0 bridgehead atoms. The Morgan fingerprint density at radius 2 is 1.94 bits per heavy atom. The van der Waals surface area contributed by atoms with Crippen molar-refractivity contribution in [2.45, 2.75) is 59.0 Å². The molecule has 2 atom stereocenters. The maximum atomic E-state index is 11.4. The number of hydrogen-bond acceptors (Lipinski definition) is 4. The lowest BCUT2D eigenvalue weighted by atomic mass is 10.2. The Bertz CT molecular complexity index is 213. The van der Waals surface area contributed by atoms with Crippen LogP contribution < -0.4 is 5.32 Å². The first-order valence-corrected chi connectivity index (χ1v) is 5.59. The molecule has 0 saturated heterocycles. The van der Waals surface area contributed by atoms with Gasteiger partial charge in [0, 0.05) is 6.61 Å². The number of nitrogens with one attached hydrogen (secondary N) is 1. The molecule has 0 radical (unpaired) electrons. The number of hydrogen-bond donors (Lipinski definition) is 2. The van der Waals surface area contributed by atoms with Gasteiger partial charge in [-0.25, -0.2) is 4.79 Å². The van der Waals surface area contributed by atoms with Crippen molar-refractivity contribution in [1.82, 2.24) is 5.32 Å². The Balaban J connectivity index is 4.16. The van der Waals surface area contributed by atoms with Crippen molar-refractivity contribution in [1.29, 1.82) is 0 Å². The number of carbonyl (C=O) groups is 1. The summed E-state index contributed by atoms with van der Waals surface area (Å²) in [6.07, 6.45) is -0.971. The van der Waals surface area contributed by atoms with Crippen molar-refractivity contribution in [3.8, 4) is 0 Å². The zero-order valence-electron chi connectivity index (χ0n) is 10.7. The lowest BCUT2D eigenvalue weighted by Gasteiger charge is -2.25. The molecule has 1 amide bonds. The number of carbonyl (C=O) groups excluding carboxylic acids is 1. The molecule has 2 N–H and O–H groups in total. The van der Waals surface area contributed by atoms with Gasteiger partial charge in [0.05, 0.1) is 6.04 Å².